The van der Waals surface area contributed by atoms with Crippen molar-refractivity contribution in [3.05, 3.63) is 92.7 Å². The number of aliphatic hydroxyl groups is 4. The summed E-state index contributed by atoms with van der Waals surface area (Å²) in [6, 6.07) is 0. The van der Waals surface area contributed by atoms with Crippen LogP contribution >= 0.6 is 0 Å². The number of allylic oxidation sites excluding steroid dienone is 12. The average molecular weight is 479 g/mol. The molecular formula is C30H38O5. The third-order valence-corrected chi connectivity index (χ3v) is 7.20. The summed E-state index contributed by atoms with van der Waals surface area (Å²) >= 11 is 0. The van der Waals surface area contributed by atoms with Crippen LogP contribution in [0.1, 0.15) is 60.8 Å². The number of ketones is 1. The molecule has 5 heteroatoms. The molecule has 3 atom stereocenters. The molecule has 0 saturated heterocycles. The molecule has 0 aromatic rings. The van der Waals surface area contributed by atoms with Gasteiger partial charge in [0.25, 0.3) is 0 Å². The van der Waals surface area contributed by atoms with Crippen LogP contribution < -0.4 is 0 Å². The maximum Gasteiger partial charge on any atom is 0.173 e. The molecule has 0 aromatic carbocycles. The van der Waals surface area contributed by atoms with Crippen molar-refractivity contribution in [3.63, 3.8) is 0 Å². The highest BCUT2D eigenvalue weighted by atomic mass is 16.3. The van der Waals surface area contributed by atoms with Crippen molar-refractivity contribution in [2.24, 2.45) is 17.3 Å². The minimum Gasteiger partial charge on any atom is -0.511 e. The molecule has 5 nitrogen and oxygen atoms in total. The van der Waals surface area contributed by atoms with Crippen LogP contribution in [0.5, 0.6) is 0 Å². The van der Waals surface area contributed by atoms with Gasteiger partial charge in [0.2, 0.25) is 0 Å². The van der Waals surface area contributed by atoms with E-state index < -0.39 is 17.1 Å². The summed E-state index contributed by atoms with van der Waals surface area (Å²) in [5, 5.41) is 43.3. The van der Waals surface area contributed by atoms with Gasteiger partial charge in [0, 0.05) is 12.0 Å². The van der Waals surface area contributed by atoms with Crippen molar-refractivity contribution >= 4 is 5.78 Å². The molecule has 0 bridgehead atoms. The summed E-state index contributed by atoms with van der Waals surface area (Å²) < 4.78 is 0. The lowest BCUT2D eigenvalue weighted by Crippen LogP contribution is -2.40. The van der Waals surface area contributed by atoms with Gasteiger partial charge in [0.15, 0.2) is 5.78 Å². The highest BCUT2D eigenvalue weighted by molar-refractivity contribution is 5.99. The molecule has 3 rings (SSSR count). The molecule has 0 aromatic heterocycles. The highest BCUT2D eigenvalue weighted by Gasteiger charge is 2.50. The van der Waals surface area contributed by atoms with Crippen molar-refractivity contribution in [1.29, 1.82) is 0 Å². The molecule has 0 radical (unpaired) electrons. The fourth-order valence-corrected chi connectivity index (χ4v) is 5.02. The van der Waals surface area contributed by atoms with E-state index in [0.717, 1.165) is 22.3 Å². The molecule has 0 amide bonds. The predicted molar refractivity (Wildman–Crippen MR) is 140 cm³/mol. The summed E-state index contributed by atoms with van der Waals surface area (Å²) in [5.74, 6) is -1.65. The Bertz CT molecular complexity index is 1160. The molecule has 3 aliphatic carbocycles. The summed E-state index contributed by atoms with van der Waals surface area (Å²) in [7, 11) is 0. The first-order valence-electron chi connectivity index (χ1n) is 12.2. The average Bonchev–Trinajstić information content (AvgIpc) is 2.77. The Labute approximate surface area is 208 Å². The van der Waals surface area contributed by atoms with Gasteiger partial charge in [0.05, 0.1) is 17.6 Å². The van der Waals surface area contributed by atoms with E-state index >= 15 is 0 Å². The highest BCUT2D eigenvalue weighted by Crippen LogP contribution is 2.54. The van der Waals surface area contributed by atoms with Crippen LogP contribution in [0.4, 0.5) is 0 Å². The van der Waals surface area contributed by atoms with Crippen LogP contribution in [-0.4, -0.2) is 32.8 Å². The SMILES string of the molecule is CC(C)=CCC1=C(O)C2=C(O)C3C(=O)C=C(O)C(CC=C(C)C)(C/C=C(\C)CO)C3=CC2=CC1C. The molecule has 4 N–H and O–H groups in total. The molecule has 3 unspecified atom stereocenters. The lowest BCUT2D eigenvalue weighted by molar-refractivity contribution is -0.118. The van der Waals surface area contributed by atoms with Gasteiger partial charge in [-0.3, -0.25) is 4.79 Å². The van der Waals surface area contributed by atoms with Crippen molar-refractivity contribution in [2.45, 2.75) is 60.8 Å². The van der Waals surface area contributed by atoms with Crippen molar-refractivity contribution in [1.82, 2.24) is 0 Å². The fraction of sp³-hybridized carbons (Fsp3) is 0.433. The van der Waals surface area contributed by atoms with Crippen molar-refractivity contribution in [3.8, 4) is 0 Å². The van der Waals surface area contributed by atoms with Crippen LogP contribution in [-0.2, 0) is 4.79 Å². The van der Waals surface area contributed by atoms with Gasteiger partial charge in [-0.05, 0) is 70.6 Å². The summed E-state index contributed by atoms with van der Waals surface area (Å²) in [6.45, 7) is 11.7. The molecule has 0 fully saturated rings. The van der Waals surface area contributed by atoms with Gasteiger partial charge in [-0.2, -0.15) is 0 Å². The zero-order valence-corrected chi connectivity index (χ0v) is 21.6. The first-order valence-corrected chi connectivity index (χ1v) is 12.2. The van der Waals surface area contributed by atoms with Crippen LogP contribution in [0.2, 0.25) is 0 Å². The van der Waals surface area contributed by atoms with Gasteiger partial charge in [-0.25, -0.2) is 0 Å². The Balaban J connectivity index is 2.23. The smallest absolute Gasteiger partial charge is 0.173 e. The third kappa shape index (κ3) is 5.01. The van der Waals surface area contributed by atoms with Gasteiger partial charge >= 0.3 is 0 Å². The summed E-state index contributed by atoms with van der Waals surface area (Å²) in [5.41, 5.74) is 4.39. The lowest BCUT2D eigenvalue weighted by Gasteiger charge is -2.43. The quantitative estimate of drug-likeness (QED) is 0.302. The van der Waals surface area contributed by atoms with Gasteiger partial charge < -0.3 is 20.4 Å². The number of hydrogen-bond donors (Lipinski definition) is 4. The summed E-state index contributed by atoms with van der Waals surface area (Å²) in [4.78, 5) is 13.1. The fourth-order valence-electron chi connectivity index (χ4n) is 5.02. The van der Waals surface area contributed by atoms with E-state index in [0.29, 0.717) is 36.0 Å². The van der Waals surface area contributed by atoms with Crippen molar-refractivity contribution in [2.75, 3.05) is 6.61 Å². The maximum absolute atomic E-state index is 13.1. The number of carbonyl (C=O) groups is 1. The molecule has 0 spiro atoms. The number of fused-ring (bicyclic) bond motifs is 2. The molecule has 35 heavy (non-hydrogen) atoms. The second-order valence-electron chi connectivity index (χ2n) is 10.5. The van der Waals surface area contributed by atoms with Crippen LogP contribution in [0, 0.1) is 17.3 Å². The van der Waals surface area contributed by atoms with Crippen LogP contribution in [0.15, 0.2) is 92.7 Å². The molecule has 3 aliphatic rings. The van der Waals surface area contributed by atoms with Gasteiger partial charge in [-0.1, -0.05) is 54.0 Å². The van der Waals surface area contributed by atoms with Gasteiger partial charge in [-0.15, -0.1) is 0 Å². The number of aliphatic hydroxyl groups excluding tert-OH is 4. The van der Waals surface area contributed by atoms with Crippen molar-refractivity contribution < 1.29 is 25.2 Å². The topological polar surface area (TPSA) is 98.0 Å². The lowest BCUT2D eigenvalue weighted by atomic mass is 9.60. The van der Waals surface area contributed by atoms with Crippen LogP contribution in [0.25, 0.3) is 0 Å². The number of hydrogen-bond acceptors (Lipinski definition) is 5. The molecular weight excluding hydrogens is 440 g/mol. The Hall–Kier alpha value is -3.05. The minimum absolute atomic E-state index is 0.0257. The normalized spacial score (nSPS) is 26.4. The largest absolute Gasteiger partial charge is 0.511 e. The molecule has 188 valence electrons. The second-order valence-corrected chi connectivity index (χ2v) is 10.5. The monoisotopic (exact) mass is 478 g/mol. The Morgan fingerprint density at radius 2 is 1.60 bits per heavy atom. The molecule has 0 aliphatic heterocycles. The first kappa shape index (κ1) is 26.6. The zero-order chi connectivity index (χ0) is 26.1. The van der Waals surface area contributed by atoms with E-state index in [2.05, 4.69) is 0 Å². The zero-order valence-electron chi connectivity index (χ0n) is 21.6. The Morgan fingerprint density at radius 3 is 2.20 bits per heavy atom. The number of rotatable bonds is 7. The molecule has 0 heterocycles. The van der Waals surface area contributed by atoms with E-state index in [1.807, 2.05) is 71.9 Å². The van der Waals surface area contributed by atoms with Gasteiger partial charge in [0.1, 0.15) is 23.2 Å². The van der Waals surface area contributed by atoms with E-state index in [4.69, 9.17) is 0 Å². The second kappa shape index (κ2) is 10.3. The minimum atomic E-state index is -0.980. The predicted octanol–water partition coefficient (Wildman–Crippen LogP) is 6.80. The van der Waals surface area contributed by atoms with Crippen LogP contribution in [0.3, 0.4) is 0 Å². The van der Waals surface area contributed by atoms with E-state index in [-0.39, 0.29) is 29.8 Å². The van der Waals surface area contributed by atoms with E-state index in [1.165, 1.54) is 6.08 Å². The molecule has 0 saturated carbocycles. The van der Waals surface area contributed by atoms with E-state index in [1.54, 1.807) is 0 Å². The van der Waals surface area contributed by atoms with E-state index in [9.17, 15) is 25.2 Å². The first-order chi connectivity index (χ1) is 16.4. The Kier molecular flexibility index (Phi) is 7.80. The Morgan fingerprint density at radius 1 is 0.971 bits per heavy atom. The standard InChI is InChI=1S/C30H38O5/c1-17(2)7-8-22-20(6)13-21-14-23-27(29(35)26(21)28(22)34)24(32)15-25(33)30(23,11-9-18(3)4)12-10-19(5)16-31/h7,9-10,13-15,20,27,31,33-35H,8,11-12,16H2,1-6H3/b19-10+. The number of carbonyl (C=O) groups excluding carboxylic acids is 1. The third-order valence-electron chi connectivity index (χ3n) is 7.20. The summed E-state index contributed by atoms with van der Waals surface area (Å²) in [6.07, 6.45) is 12.4. The maximum atomic E-state index is 13.1.